The number of aromatic nitrogens is 2. The molecule has 104 valence electrons. The molecule has 1 fully saturated rings. The molecule has 0 atom stereocenters. The van der Waals surface area contributed by atoms with E-state index in [9.17, 15) is 9.59 Å². The third-order valence-corrected chi connectivity index (χ3v) is 3.17. The van der Waals surface area contributed by atoms with Crippen LogP contribution in [0.2, 0.25) is 0 Å². The molecule has 1 aliphatic heterocycles. The van der Waals surface area contributed by atoms with Crippen LogP contribution in [-0.2, 0) is 9.53 Å². The smallest absolute Gasteiger partial charge is 0.419 e. The summed E-state index contributed by atoms with van der Waals surface area (Å²) in [7, 11) is 0. The number of hydrogen-bond acceptors (Lipinski definition) is 5. The lowest BCUT2D eigenvalue weighted by Gasteiger charge is -2.33. The number of ether oxygens (including phenoxy) is 1. The maximum atomic E-state index is 11.5. The highest BCUT2D eigenvalue weighted by Gasteiger charge is 2.18. The Morgan fingerprint density at radius 2 is 2.00 bits per heavy atom. The molecule has 0 aromatic carbocycles. The van der Waals surface area contributed by atoms with E-state index in [1.165, 1.54) is 17.1 Å². The second-order valence-corrected chi connectivity index (χ2v) is 4.43. The molecule has 0 unspecified atom stereocenters. The molecule has 1 aromatic heterocycles. The van der Waals surface area contributed by atoms with Crippen LogP contribution in [0.3, 0.4) is 0 Å². The number of hydrogen-bond donors (Lipinski definition) is 0. The molecule has 1 aliphatic rings. The maximum absolute atomic E-state index is 11.5. The monoisotopic (exact) mass is 266 g/mol. The molecule has 0 aliphatic carbocycles. The average molecular weight is 266 g/mol. The first-order chi connectivity index (χ1) is 9.16. The summed E-state index contributed by atoms with van der Waals surface area (Å²) < 4.78 is 6.42. The van der Waals surface area contributed by atoms with Gasteiger partial charge in [-0.15, -0.1) is 0 Å². The average Bonchev–Trinajstić information content (AvgIpc) is 2.93. The van der Waals surface area contributed by atoms with Gasteiger partial charge in [0.05, 0.1) is 0 Å². The van der Waals surface area contributed by atoms with Crippen molar-refractivity contribution in [2.24, 2.45) is 0 Å². The van der Waals surface area contributed by atoms with E-state index >= 15 is 0 Å². The van der Waals surface area contributed by atoms with Crippen molar-refractivity contribution in [1.29, 1.82) is 0 Å². The molecule has 2 rings (SSSR count). The Morgan fingerprint density at radius 3 is 2.58 bits per heavy atom. The first kappa shape index (κ1) is 13.5. The van der Waals surface area contributed by atoms with Crippen molar-refractivity contribution in [3.63, 3.8) is 0 Å². The van der Waals surface area contributed by atoms with Crippen molar-refractivity contribution >= 4 is 12.0 Å². The summed E-state index contributed by atoms with van der Waals surface area (Å²) in [5, 5.41) is 0. The molecule has 1 amide bonds. The van der Waals surface area contributed by atoms with Gasteiger partial charge in [-0.2, -0.15) is 0 Å². The molecular weight excluding hydrogens is 248 g/mol. The van der Waals surface area contributed by atoms with Crippen LogP contribution < -0.4 is 0 Å². The van der Waals surface area contributed by atoms with Gasteiger partial charge in [-0.3, -0.25) is 9.69 Å². The first-order valence-corrected chi connectivity index (χ1v) is 6.30. The van der Waals surface area contributed by atoms with Gasteiger partial charge in [0, 0.05) is 52.0 Å². The number of amides is 1. The van der Waals surface area contributed by atoms with E-state index in [1.54, 1.807) is 13.1 Å². The molecule has 0 spiro atoms. The van der Waals surface area contributed by atoms with E-state index in [1.807, 2.05) is 4.90 Å². The normalized spacial score (nSPS) is 16.4. The van der Waals surface area contributed by atoms with Crippen LogP contribution in [-0.4, -0.2) is 70.7 Å². The fourth-order valence-electron chi connectivity index (χ4n) is 1.99. The van der Waals surface area contributed by atoms with Crippen LogP contribution in [0, 0.1) is 0 Å². The SMILES string of the molecule is CC(=O)N1CCN(CCOC(=O)n2ccnc2)CC1. The van der Waals surface area contributed by atoms with Gasteiger partial charge in [-0.05, 0) is 0 Å². The van der Waals surface area contributed by atoms with Crippen molar-refractivity contribution in [1.82, 2.24) is 19.4 Å². The van der Waals surface area contributed by atoms with Crippen LogP contribution in [0.4, 0.5) is 4.79 Å². The zero-order valence-corrected chi connectivity index (χ0v) is 11.0. The van der Waals surface area contributed by atoms with Gasteiger partial charge in [0.25, 0.3) is 0 Å². The molecule has 2 heterocycles. The number of nitrogens with zero attached hydrogens (tertiary/aromatic N) is 4. The van der Waals surface area contributed by atoms with Gasteiger partial charge >= 0.3 is 6.09 Å². The summed E-state index contributed by atoms with van der Waals surface area (Å²) in [5.74, 6) is 0.117. The van der Waals surface area contributed by atoms with Gasteiger partial charge in [-0.25, -0.2) is 14.3 Å². The van der Waals surface area contributed by atoms with Gasteiger partial charge in [-0.1, -0.05) is 0 Å². The highest BCUT2D eigenvalue weighted by atomic mass is 16.5. The molecule has 0 bridgehead atoms. The fourth-order valence-corrected chi connectivity index (χ4v) is 1.99. The zero-order valence-electron chi connectivity index (χ0n) is 11.0. The quantitative estimate of drug-likeness (QED) is 0.772. The van der Waals surface area contributed by atoms with E-state index in [2.05, 4.69) is 9.88 Å². The Labute approximate surface area is 111 Å². The van der Waals surface area contributed by atoms with Gasteiger partial charge in [0.15, 0.2) is 0 Å². The Morgan fingerprint density at radius 1 is 1.26 bits per heavy atom. The lowest BCUT2D eigenvalue weighted by Crippen LogP contribution is -2.48. The Hall–Kier alpha value is -1.89. The Balaban J connectivity index is 1.65. The molecule has 1 saturated heterocycles. The second-order valence-electron chi connectivity index (χ2n) is 4.43. The van der Waals surface area contributed by atoms with Gasteiger partial charge in [0.2, 0.25) is 5.91 Å². The third-order valence-electron chi connectivity index (χ3n) is 3.17. The summed E-state index contributed by atoms with van der Waals surface area (Å²) in [5.41, 5.74) is 0. The van der Waals surface area contributed by atoms with E-state index in [-0.39, 0.29) is 5.91 Å². The molecular formula is C12H18N4O3. The molecule has 19 heavy (non-hydrogen) atoms. The van der Waals surface area contributed by atoms with E-state index in [0.29, 0.717) is 13.2 Å². The number of carbonyl (C=O) groups excluding carboxylic acids is 2. The standard InChI is InChI=1S/C12H18N4O3/c1-11(17)15-6-4-14(5-7-15)8-9-19-12(18)16-3-2-13-10-16/h2-3,10H,4-9H2,1H3. The van der Waals surface area contributed by atoms with Gasteiger partial charge in [0.1, 0.15) is 12.9 Å². The van der Waals surface area contributed by atoms with Crippen LogP contribution in [0.1, 0.15) is 6.92 Å². The van der Waals surface area contributed by atoms with E-state index in [4.69, 9.17) is 4.74 Å². The summed E-state index contributed by atoms with van der Waals surface area (Å²) in [6.07, 6.45) is 4.07. The summed E-state index contributed by atoms with van der Waals surface area (Å²) in [6, 6.07) is 0. The van der Waals surface area contributed by atoms with Crippen molar-refractivity contribution in [2.45, 2.75) is 6.92 Å². The van der Waals surface area contributed by atoms with Crippen LogP contribution in [0.25, 0.3) is 0 Å². The highest BCUT2D eigenvalue weighted by molar-refractivity contribution is 5.73. The Bertz CT molecular complexity index is 424. The van der Waals surface area contributed by atoms with Crippen molar-refractivity contribution in [3.8, 4) is 0 Å². The van der Waals surface area contributed by atoms with E-state index in [0.717, 1.165) is 26.2 Å². The maximum Gasteiger partial charge on any atom is 0.419 e. The number of imidazole rings is 1. The summed E-state index contributed by atoms with van der Waals surface area (Å²) in [6.45, 7) is 5.74. The molecule has 0 saturated carbocycles. The van der Waals surface area contributed by atoms with E-state index < -0.39 is 6.09 Å². The summed E-state index contributed by atoms with van der Waals surface area (Å²) in [4.78, 5) is 30.5. The van der Waals surface area contributed by atoms with Crippen molar-refractivity contribution in [2.75, 3.05) is 39.3 Å². The molecule has 7 heteroatoms. The molecule has 1 aromatic rings. The third kappa shape index (κ3) is 3.78. The van der Waals surface area contributed by atoms with Crippen molar-refractivity contribution in [3.05, 3.63) is 18.7 Å². The minimum absolute atomic E-state index is 0.117. The topological polar surface area (TPSA) is 67.7 Å². The van der Waals surface area contributed by atoms with Gasteiger partial charge < -0.3 is 9.64 Å². The number of carbonyl (C=O) groups is 2. The molecule has 0 N–H and O–H groups in total. The fraction of sp³-hybridized carbons (Fsp3) is 0.583. The molecule has 0 radical (unpaired) electrons. The lowest BCUT2D eigenvalue weighted by molar-refractivity contribution is -0.130. The first-order valence-electron chi connectivity index (χ1n) is 6.30. The Kier molecular flexibility index (Phi) is 4.51. The van der Waals surface area contributed by atoms with Crippen molar-refractivity contribution < 1.29 is 14.3 Å². The number of rotatable bonds is 3. The zero-order chi connectivity index (χ0) is 13.7. The minimum atomic E-state index is -0.417. The summed E-state index contributed by atoms with van der Waals surface area (Å²) >= 11 is 0. The highest BCUT2D eigenvalue weighted by Crippen LogP contribution is 2.01. The predicted molar refractivity (Wildman–Crippen MR) is 67.7 cm³/mol. The number of piperazine rings is 1. The largest absolute Gasteiger partial charge is 0.448 e. The van der Waals surface area contributed by atoms with Crippen LogP contribution in [0.5, 0.6) is 0 Å². The van der Waals surface area contributed by atoms with Crippen LogP contribution in [0.15, 0.2) is 18.7 Å². The van der Waals surface area contributed by atoms with Crippen LogP contribution >= 0.6 is 0 Å². The lowest BCUT2D eigenvalue weighted by atomic mass is 10.3. The molecule has 7 nitrogen and oxygen atoms in total. The second kappa shape index (κ2) is 6.33. The predicted octanol–water partition coefficient (Wildman–Crippen LogP) is 0.0319. The minimum Gasteiger partial charge on any atom is -0.448 e.